The van der Waals surface area contributed by atoms with Crippen LogP contribution in [0, 0.1) is 0 Å². The van der Waals surface area contributed by atoms with Gasteiger partial charge >= 0.3 is 0 Å². The first-order chi connectivity index (χ1) is 8.13. The van der Waals surface area contributed by atoms with E-state index in [9.17, 15) is 8.76 Å². The van der Waals surface area contributed by atoms with Crippen molar-refractivity contribution in [2.24, 2.45) is 0 Å². The summed E-state index contributed by atoms with van der Waals surface area (Å²) in [6.07, 6.45) is 7.45. The minimum absolute atomic E-state index is 0.301. The van der Waals surface area contributed by atoms with Gasteiger partial charge in [-0.1, -0.05) is 13.3 Å². The summed E-state index contributed by atoms with van der Waals surface area (Å²) < 4.78 is 20.8. The Bertz CT molecular complexity index is 273. The minimum atomic E-state index is -2.37. The lowest BCUT2D eigenvalue weighted by atomic mass is 10.3. The summed E-state index contributed by atoms with van der Waals surface area (Å²) in [7, 11) is 0. The van der Waals surface area contributed by atoms with Gasteiger partial charge in [-0.25, -0.2) is 0 Å². The highest BCUT2D eigenvalue weighted by molar-refractivity contribution is 7.79. The van der Waals surface area contributed by atoms with Crippen LogP contribution in [0.5, 0.6) is 0 Å². The fourth-order valence-corrected chi connectivity index (χ4v) is 2.09. The van der Waals surface area contributed by atoms with E-state index in [1.807, 2.05) is 6.20 Å². The zero-order valence-electron chi connectivity index (χ0n) is 10.2. The zero-order valence-corrected chi connectivity index (χ0v) is 11.1. The first-order valence-corrected chi connectivity index (χ1v) is 7.20. The number of hydrogen-bond acceptors (Lipinski definition) is 5. The van der Waals surface area contributed by atoms with Gasteiger partial charge in [0.25, 0.3) is 0 Å². The molecule has 1 N–H and O–H groups in total. The van der Waals surface area contributed by atoms with Crippen LogP contribution in [0.15, 0.2) is 12.4 Å². The molecule has 17 heavy (non-hydrogen) atoms. The molecule has 0 aromatic heterocycles. The van der Waals surface area contributed by atoms with Crippen LogP contribution in [0.25, 0.3) is 0 Å². The SMILES string of the molecule is CCCCN1C=CN(CCCC(O)S(=O)[O-])C1. The lowest BCUT2D eigenvalue weighted by Gasteiger charge is -2.21. The summed E-state index contributed by atoms with van der Waals surface area (Å²) in [5, 5.41) is 9.11. The fraction of sp³-hybridized carbons (Fsp3) is 0.818. The van der Waals surface area contributed by atoms with Crippen LogP contribution >= 0.6 is 0 Å². The lowest BCUT2D eigenvalue weighted by Crippen LogP contribution is -2.27. The third-order valence-electron chi connectivity index (χ3n) is 2.77. The summed E-state index contributed by atoms with van der Waals surface area (Å²) in [5.41, 5.74) is -1.22. The topological polar surface area (TPSA) is 66.8 Å². The first-order valence-electron chi connectivity index (χ1n) is 6.06. The fourth-order valence-electron chi connectivity index (χ4n) is 1.73. The Labute approximate surface area is 105 Å². The van der Waals surface area contributed by atoms with Gasteiger partial charge in [0, 0.05) is 25.5 Å². The van der Waals surface area contributed by atoms with Crippen LogP contribution < -0.4 is 0 Å². The maximum atomic E-state index is 10.4. The molecule has 100 valence electrons. The van der Waals surface area contributed by atoms with Crippen molar-refractivity contribution in [3.8, 4) is 0 Å². The molecule has 0 bridgehead atoms. The average molecular weight is 261 g/mol. The summed E-state index contributed by atoms with van der Waals surface area (Å²) in [5.74, 6) is 0. The van der Waals surface area contributed by atoms with Crippen molar-refractivity contribution in [3.05, 3.63) is 12.4 Å². The summed E-state index contributed by atoms with van der Waals surface area (Å²) in [6.45, 7) is 4.89. The van der Waals surface area contributed by atoms with Gasteiger partial charge < -0.3 is 19.5 Å². The van der Waals surface area contributed by atoms with Gasteiger partial charge in [-0.3, -0.25) is 4.21 Å². The Kier molecular flexibility index (Phi) is 6.54. The smallest absolute Gasteiger partial charge is 0.116 e. The Morgan fingerprint density at radius 1 is 1.35 bits per heavy atom. The summed E-state index contributed by atoms with van der Waals surface area (Å²) >= 11 is -2.37. The lowest BCUT2D eigenvalue weighted by molar-refractivity contribution is 0.214. The second-order valence-electron chi connectivity index (χ2n) is 4.28. The van der Waals surface area contributed by atoms with Gasteiger partial charge in [-0.2, -0.15) is 0 Å². The van der Waals surface area contributed by atoms with Crippen molar-refractivity contribution in [1.29, 1.82) is 0 Å². The molecule has 0 fully saturated rings. The second-order valence-corrected chi connectivity index (χ2v) is 5.34. The van der Waals surface area contributed by atoms with Gasteiger partial charge in [0.1, 0.15) is 5.44 Å². The molecule has 1 aliphatic heterocycles. The molecule has 1 heterocycles. The molecular weight excluding hydrogens is 240 g/mol. The highest BCUT2D eigenvalue weighted by Gasteiger charge is 2.12. The van der Waals surface area contributed by atoms with Crippen LogP contribution in [-0.4, -0.2) is 48.9 Å². The van der Waals surface area contributed by atoms with Gasteiger partial charge in [-0.15, -0.1) is 0 Å². The molecule has 6 heteroatoms. The molecule has 0 saturated carbocycles. The molecular formula is C11H21N2O3S-. The van der Waals surface area contributed by atoms with E-state index in [2.05, 4.69) is 22.9 Å². The van der Waals surface area contributed by atoms with Gasteiger partial charge in [0.2, 0.25) is 0 Å². The summed E-state index contributed by atoms with van der Waals surface area (Å²) in [4.78, 5) is 4.38. The van der Waals surface area contributed by atoms with Crippen molar-refractivity contribution < 1.29 is 13.9 Å². The maximum Gasteiger partial charge on any atom is 0.116 e. The van der Waals surface area contributed by atoms with Crippen molar-refractivity contribution in [3.63, 3.8) is 0 Å². The molecule has 2 unspecified atom stereocenters. The van der Waals surface area contributed by atoms with Gasteiger partial charge in [0.05, 0.1) is 6.67 Å². The minimum Gasteiger partial charge on any atom is -0.770 e. The number of unbranched alkanes of at least 4 members (excludes halogenated alkanes) is 1. The molecule has 0 spiro atoms. The first kappa shape index (κ1) is 14.5. The van der Waals surface area contributed by atoms with Crippen LogP contribution in [0.3, 0.4) is 0 Å². The van der Waals surface area contributed by atoms with E-state index in [1.54, 1.807) is 0 Å². The monoisotopic (exact) mass is 261 g/mol. The van der Waals surface area contributed by atoms with Crippen molar-refractivity contribution >= 4 is 11.1 Å². The molecule has 5 nitrogen and oxygen atoms in total. The second kappa shape index (κ2) is 7.68. The van der Waals surface area contributed by atoms with E-state index in [0.717, 1.165) is 19.8 Å². The molecule has 0 aliphatic carbocycles. The largest absolute Gasteiger partial charge is 0.770 e. The predicted octanol–water partition coefficient (Wildman–Crippen LogP) is 0.810. The van der Waals surface area contributed by atoms with Crippen LogP contribution in [-0.2, 0) is 11.1 Å². The molecule has 1 rings (SSSR count). The molecule has 0 saturated heterocycles. The molecule has 0 aromatic carbocycles. The van der Waals surface area contributed by atoms with E-state index in [-0.39, 0.29) is 0 Å². The van der Waals surface area contributed by atoms with Crippen LogP contribution in [0.1, 0.15) is 32.6 Å². The maximum absolute atomic E-state index is 10.4. The summed E-state index contributed by atoms with van der Waals surface area (Å²) in [6, 6.07) is 0. The highest BCUT2D eigenvalue weighted by Crippen LogP contribution is 2.10. The number of aliphatic hydroxyl groups is 1. The van der Waals surface area contributed by atoms with Crippen molar-refractivity contribution in [2.75, 3.05) is 19.8 Å². The number of aliphatic hydroxyl groups excluding tert-OH is 1. The molecule has 1 aliphatic rings. The third kappa shape index (κ3) is 5.52. The van der Waals surface area contributed by atoms with Crippen molar-refractivity contribution in [2.45, 2.75) is 38.0 Å². The average Bonchev–Trinajstić information content (AvgIpc) is 2.74. The number of rotatable bonds is 8. The van der Waals surface area contributed by atoms with E-state index < -0.39 is 16.5 Å². The molecule has 0 aromatic rings. The van der Waals surface area contributed by atoms with E-state index in [0.29, 0.717) is 12.8 Å². The van der Waals surface area contributed by atoms with Crippen molar-refractivity contribution in [1.82, 2.24) is 9.80 Å². The van der Waals surface area contributed by atoms with Crippen LogP contribution in [0.2, 0.25) is 0 Å². The Balaban J connectivity index is 2.10. The molecule has 2 atom stereocenters. The number of nitrogens with zero attached hydrogens (tertiary/aromatic N) is 2. The molecule has 0 radical (unpaired) electrons. The highest BCUT2D eigenvalue weighted by atomic mass is 32.2. The third-order valence-corrected chi connectivity index (χ3v) is 3.45. The molecule has 0 amide bonds. The predicted molar refractivity (Wildman–Crippen MR) is 66.5 cm³/mol. The Morgan fingerprint density at radius 2 is 1.94 bits per heavy atom. The Hall–Kier alpha value is -0.590. The van der Waals surface area contributed by atoms with Gasteiger partial charge in [-0.05, 0) is 30.3 Å². The number of hydrogen-bond donors (Lipinski definition) is 1. The van der Waals surface area contributed by atoms with Crippen LogP contribution in [0.4, 0.5) is 0 Å². The van der Waals surface area contributed by atoms with E-state index in [1.165, 1.54) is 12.8 Å². The zero-order chi connectivity index (χ0) is 12.7. The Morgan fingerprint density at radius 3 is 2.47 bits per heavy atom. The standard InChI is InChI=1S/C11H22N2O3S/c1-2-3-6-12-8-9-13(10-12)7-4-5-11(14)17(15)16/h8-9,11,14H,2-7,10H2,1H3,(H,15,16)/p-1. The van der Waals surface area contributed by atoms with E-state index in [4.69, 9.17) is 5.11 Å². The quantitative estimate of drug-likeness (QED) is 0.655. The van der Waals surface area contributed by atoms with E-state index >= 15 is 0 Å². The van der Waals surface area contributed by atoms with Gasteiger partial charge in [0.15, 0.2) is 0 Å². The normalized spacial score (nSPS) is 18.8.